The summed E-state index contributed by atoms with van der Waals surface area (Å²) >= 11 is 3.51. The first-order chi connectivity index (χ1) is 11.3. The maximum atomic E-state index is 12.5. The van der Waals surface area contributed by atoms with E-state index in [-0.39, 0.29) is 12.5 Å². The van der Waals surface area contributed by atoms with Crippen molar-refractivity contribution in [3.8, 4) is 5.75 Å². The molecule has 0 spiro atoms. The van der Waals surface area contributed by atoms with Gasteiger partial charge in [-0.2, -0.15) is 5.10 Å². The van der Waals surface area contributed by atoms with Crippen LogP contribution in [0.25, 0.3) is 0 Å². The van der Waals surface area contributed by atoms with Gasteiger partial charge in [-0.05, 0) is 65.4 Å². The number of hydrogen-bond donors (Lipinski definition) is 0. The van der Waals surface area contributed by atoms with E-state index in [9.17, 15) is 4.79 Å². The molecule has 0 aliphatic carbocycles. The summed E-state index contributed by atoms with van der Waals surface area (Å²) in [6.45, 7) is 10.3. The number of ether oxygens (including phenoxy) is 1. The summed E-state index contributed by atoms with van der Waals surface area (Å²) in [5.74, 6) is 0.963. The van der Waals surface area contributed by atoms with Crippen molar-refractivity contribution in [2.24, 2.45) is 0 Å². The van der Waals surface area contributed by atoms with E-state index in [0.717, 1.165) is 34.3 Å². The molecule has 0 bridgehead atoms. The molecule has 1 heterocycles. The summed E-state index contributed by atoms with van der Waals surface area (Å²) in [6, 6.07) is 5.96. The molecule has 1 aromatic carbocycles. The summed E-state index contributed by atoms with van der Waals surface area (Å²) in [7, 11) is 0. The van der Waals surface area contributed by atoms with Gasteiger partial charge in [-0.25, -0.2) is 4.68 Å². The van der Waals surface area contributed by atoms with Crippen LogP contribution in [-0.2, 0) is 6.42 Å². The number of halogens is 1. The Kier molecular flexibility index (Phi) is 6.21. The van der Waals surface area contributed by atoms with Crippen LogP contribution in [0.15, 0.2) is 22.7 Å². The second-order valence-electron chi connectivity index (χ2n) is 6.34. The first-order valence-corrected chi connectivity index (χ1v) is 9.15. The van der Waals surface area contributed by atoms with Crippen LogP contribution in [-0.4, -0.2) is 22.3 Å². The lowest BCUT2D eigenvalue weighted by molar-refractivity contribution is 0.0817. The second-order valence-corrected chi connectivity index (χ2v) is 7.19. The van der Waals surface area contributed by atoms with Gasteiger partial charge in [0.2, 0.25) is 0 Å². The molecule has 0 N–H and O–H groups in total. The fourth-order valence-electron chi connectivity index (χ4n) is 2.72. The minimum absolute atomic E-state index is 0.0346. The number of carbonyl (C=O) groups is 1. The molecule has 2 aromatic rings. The minimum Gasteiger partial charge on any atom is -0.483 e. The van der Waals surface area contributed by atoms with Crippen LogP contribution < -0.4 is 4.74 Å². The van der Waals surface area contributed by atoms with Crippen molar-refractivity contribution in [1.82, 2.24) is 9.78 Å². The number of rotatable bonds is 6. The van der Waals surface area contributed by atoms with Crippen LogP contribution in [0.2, 0.25) is 0 Å². The van der Waals surface area contributed by atoms with Crippen LogP contribution in [0.1, 0.15) is 60.4 Å². The Balaban J connectivity index is 2.10. The first kappa shape index (κ1) is 18.7. The largest absolute Gasteiger partial charge is 0.483 e. The molecule has 1 aromatic heterocycles. The van der Waals surface area contributed by atoms with Crippen molar-refractivity contribution in [3.63, 3.8) is 0 Å². The quantitative estimate of drug-likeness (QED) is 0.689. The van der Waals surface area contributed by atoms with E-state index in [1.807, 2.05) is 32.0 Å². The molecule has 5 heteroatoms. The number of nitrogens with zero attached hydrogens (tertiary/aromatic N) is 2. The zero-order chi connectivity index (χ0) is 17.9. The Bertz CT molecular complexity index is 735. The number of carbonyl (C=O) groups excluding carboxylic acids is 1. The van der Waals surface area contributed by atoms with Crippen molar-refractivity contribution in [3.05, 3.63) is 45.2 Å². The summed E-state index contributed by atoms with van der Waals surface area (Å²) in [4.78, 5) is 12.5. The van der Waals surface area contributed by atoms with E-state index in [4.69, 9.17) is 4.74 Å². The number of aryl methyl sites for hydroxylation is 1. The van der Waals surface area contributed by atoms with Crippen LogP contribution >= 0.6 is 15.9 Å². The third-order valence-electron chi connectivity index (χ3n) is 4.15. The molecule has 0 amide bonds. The molecule has 0 aliphatic heterocycles. The van der Waals surface area contributed by atoms with Crippen molar-refractivity contribution in [2.75, 3.05) is 6.61 Å². The van der Waals surface area contributed by atoms with E-state index >= 15 is 0 Å². The van der Waals surface area contributed by atoms with Gasteiger partial charge < -0.3 is 4.74 Å². The molecular weight excluding hydrogens is 368 g/mol. The Hall–Kier alpha value is -1.62. The molecular formula is C19H25BrN2O2. The summed E-state index contributed by atoms with van der Waals surface area (Å²) in [5, 5.41) is 4.38. The zero-order valence-electron chi connectivity index (χ0n) is 15.0. The van der Waals surface area contributed by atoms with Crippen molar-refractivity contribution < 1.29 is 9.53 Å². The molecule has 0 unspecified atom stereocenters. The highest BCUT2D eigenvalue weighted by molar-refractivity contribution is 9.10. The lowest BCUT2D eigenvalue weighted by Crippen LogP contribution is -2.22. The van der Waals surface area contributed by atoms with E-state index in [1.165, 1.54) is 10.2 Å². The molecule has 0 atom stereocenters. The average Bonchev–Trinajstić information content (AvgIpc) is 2.82. The molecule has 0 radical (unpaired) electrons. The van der Waals surface area contributed by atoms with Gasteiger partial charge in [0.15, 0.2) is 6.61 Å². The summed E-state index contributed by atoms with van der Waals surface area (Å²) in [6.07, 6.45) is 1.97. The molecule has 0 fully saturated rings. The predicted octanol–water partition coefficient (Wildman–Crippen LogP) is 5.06. The highest BCUT2D eigenvalue weighted by Crippen LogP contribution is 2.29. The SMILES string of the molecule is CCCc1c(C)nn(C(=O)COc2ccc(C(C)C)cc2Br)c1C. The fraction of sp³-hybridized carbons (Fsp3) is 0.474. The van der Waals surface area contributed by atoms with Gasteiger partial charge >= 0.3 is 0 Å². The maximum Gasteiger partial charge on any atom is 0.284 e. The van der Waals surface area contributed by atoms with Crippen LogP contribution in [0.4, 0.5) is 0 Å². The van der Waals surface area contributed by atoms with Gasteiger partial charge in [0.1, 0.15) is 5.75 Å². The van der Waals surface area contributed by atoms with E-state index in [2.05, 4.69) is 41.8 Å². The second kappa shape index (κ2) is 7.97. The number of aromatic nitrogens is 2. The Morgan fingerprint density at radius 2 is 2.04 bits per heavy atom. The third-order valence-corrected chi connectivity index (χ3v) is 4.77. The maximum absolute atomic E-state index is 12.5. The van der Waals surface area contributed by atoms with Crippen LogP contribution in [0.3, 0.4) is 0 Å². The van der Waals surface area contributed by atoms with Gasteiger partial charge in [0.25, 0.3) is 5.91 Å². The van der Waals surface area contributed by atoms with Gasteiger partial charge in [-0.15, -0.1) is 0 Å². The lowest BCUT2D eigenvalue weighted by Gasteiger charge is -2.11. The number of hydrogen-bond acceptors (Lipinski definition) is 3. The van der Waals surface area contributed by atoms with E-state index < -0.39 is 0 Å². The van der Waals surface area contributed by atoms with E-state index in [1.54, 1.807) is 0 Å². The summed E-state index contributed by atoms with van der Waals surface area (Å²) < 4.78 is 8.03. The molecule has 4 nitrogen and oxygen atoms in total. The average molecular weight is 393 g/mol. The summed E-state index contributed by atoms with van der Waals surface area (Å²) in [5.41, 5.74) is 4.22. The zero-order valence-corrected chi connectivity index (χ0v) is 16.6. The molecule has 130 valence electrons. The van der Waals surface area contributed by atoms with Crippen molar-refractivity contribution >= 4 is 21.8 Å². The lowest BCUT2D eigenvalue weighted by atomic mass is 10.0. The molecule has 0 saturated heterocycles. The molecule has 2 rings (SSSR count). The Morgan fingerprint density at radius 3 is 2.62 bits per heavy atom. The highest BCUT2D eigenvalue weighted by Gasteiger charge is 2.17. The number of benzene rings is 1. The third kappa shape index (κ3) is 4.07. The van der Waals surface area contributed by atoms with Gasteiger partial charge in [0.05, 0.1) is 10.2 Å². The Morgan fingerprint density at radius 1 is 1.33 bits per heavy atom. The predicted molar refractivity (Wildman–Crippen MR) is 100 cm³/mol. The van der Waals surface area contributed by atoms with Gasteiger partial charge in [0, 0.05) is 5.69 Å². The smallest absolute Gasteiger partial charge is 0.284 e. The highest BCUT2D eigenvalue weighted by atomic mass is 79.9. The normalized spacial score (nSPS) is 11.1. The first-order valence-electron chi connectivity index (χ1n) is 8.35. The standard InChI is InChI=1S/C19H25BrN2O2/c1-6-7-16-13(4)21-22(14(16)5)19(23)11-24-18-9-8-15(12(2)3)10-17(18)20/h8-10,12H,6-7,11H2,1-5H3. The van der Waals surface area contributed by atoms with Crippen molar-refractivity contribution in [1.29, 1.82) is 0 Å². The minimum atomic E-state index is -0.155. The fourth-order valence-corrected chi connectivity index (χ4v) is 3.23. The van der Waals surface area contributed by atoms with Crippen LogP contribution in [0, 0.1) is 13.8 Å². The monoisotopic (exact) mass is 392 g/mol. The Labute approximate surface area is 152 Å². The molecule has 0 saturated carbocycles. The van der Waals surface area contributed by atoms with E-state index in [0.29, 0.717) is 11.7 Å². The molecule has 24 heavy (non-hydrogen) atoms. The molecule has 0 aliphatic rings. The van der Waals surface area contributed by atoms with Crippen molar-refractivity contribution in [2.45, 2.75) is 53.4 Å². The van der Waals surface area contributed by atoms with Gasteiger partial charge in [-0.3, -0.25) is 4.79 Å². The van der Waals surface area contributed by atoms with Crippen LogP contribution in [0.5, 0.6) is 5.75 Å². The topological polar surface area (TPSA) is 44.1 Å². The van der Waals surface area contributed by atoms with Gasteiger partial charge in [-0.1, -0.05) is 33.3 Å².